The van der Waals surface area contributed by atoms with Gasteiger partial charge in [0.25, 0.3) is 0 Å². The molecule has 0 aromatic heterocycles. The summed E-state index contributed by atoms with van der Waals surface area (Å²) < 4.78 is 16.7. The van der Waals surface area contributed by atoms with Crippen LogP contribution in [-0.4, -0.2) is 13.3 Å². The lowest BCUT2D eigenvalue weighted by atomic mass is 10.2. The van der Waals surface area contributed by atoms with E-state index in [1.54, 1.807) is 12.1 Å². The zero-order valence-electron chi connectivity index (χ0n) is 6.76. The second-order valence-corrected chi connectivity index (χ2v) is 2.70. The van der Waals surface area contributed by atoms with Crippen LogP contribution in [0.15, 0.2) is 18.2 Å². The lowest BCUT2D eigenvalue weighted by Crippen LogP contribution is -1.99. The molecule has 0 fully saturated rings. The molecule has 0 heterocycles. The molecule has 68 valence electrons. The van der Waals surface area contributed by atoms with E-state index < -0.39 is 6.67 Å². The number of nitriles is 1. The molecule has 0 radical (unpaired) electrons. The van der Waals surface area contributed by atoms with Gasteiger partial charge in [0.05, 0.1) is 16.7 Å². The fourth-order valence-corrected chi connectivity index (χ4v) is 1.07. The zero-order chi connectivity index (χ0) is 9.68. The van der Waals surface area contributed by atoms with Crippen molar-refractivity contribution in [2.45, 2.75) is 0 Å². The Kier molecular flexibility index (Phi) is 3.53. The molecular formula is C9H7ClFNO. The Balaban J connectivity index is 2.81. The van der Waals surface area contributed by atoms with Crippen molar-refractivity contribution < 1.29 is 9.13 Å². The molecule has 0 aliphatic rings. The van der Waals surface area contributed by atoms with Crippen molar-refractivity contribution in [3.05, 3.63) is 28.8 Å². The normalized spacial score (nSPS) is 9.31. The average Bonchev–Trinajstić information content (AvgIpc) is 2.16. The van der Waals surface area contributed by atoms with Gasteiger partial charge in [-0.2, -0.15) is 5.26 Å². The standard InChI is InChI=1S/C9H7ClFNO/c10-8-5-7(6-12)1-2-9(8)13-4-3-11/h1-2,5H,3-4H2. The fraction of sp³-hybridized carbons (Fsp3) is 0.222. The third kappa shape index (κ3) is 2.60. The van der Waals surface area contributed by atoms with E-state index in [2.05, 4.69) is 0 Å². The van der Waals surface area contributed by atoms with Crippen molar-refractivity contribution in [2.24, 2.45) is 0 Å². The maximum absolute atomic E-state index is 11.7. The van der Waals surface area contributed by atoms with Crippen LogP contribution in [0.4, 0.5) is 4.39 Å². The van der Waals surface area contributed by atoms with Crippen LogP contribution in [0.2, 0.25) is 5.02 Å². The highest BCUT2D eigenvalue weighted by atomic mass is 35.5. The molecule has 0 aliphatic heterocycles. The van der Waals surface area contributed by atoms with E-state index in [0.717, 1.165) is 0 Å². The first-order valence-electron chi connectivity index (χ1n) is 3.66. The van der Waals surface area contributed by atoms with Gasteiger partial charge in [-0.15, -0.1) is 0 Å². The Bertz CT molecular complexity index is 335. The van der Waals surface area contributed by atoms with Gasteiger partial charge in [0.15, 0.2) is 0 Å². The predicted octanol–water partition coefficient (Wildman–Crippen LogP) is 2.56. The van der Waals surface area contributed by atoms with Crippen molar-refractivity contribution in [3.63, 3.8) is 0 Å². The molecule has 0 unspecified atom stereocenters. The summed E-state index contributed by atoms with van der Waals surface area (Å²) in [6, 6.07) is 6.54. The molecule has 0 amide bonds. The molecule has 0 saturated carbocycles. The maximum atomic E-state index is 11.7. The van der Waals surface area contributed by atoms with Crippen LogP contribution in [-0.2, 0) is 0 Å². The van der Waals surface area contributed by atoms with E-state index in [1.807, 2.05) is 6.07 Å². The highest BCUT2D eigenvalue weighted by molar-refractivity contribution is 6.32. The topological polar surface area (TPSA) is 33.0 Å². The quantitative estimate of drug-likeness (QED) is 0.750. The summed E-state index contributed by atoms with van der Waals surface area (Å²) in [6.07, 6.45) is 0. The molecule has 2 nitrogen and oxygen atoms in total. The molecule has 4 heteroatoms. The van der Waals surface area contributed by atoms with Gasteiger partial charge in [0, 0.05) is 0 Å². The first-order chi connectivity index (χ1) is 6.27. The van der Waals surface area contributed by atoms with Crippen LogP contribution in [0.25, 0.3) is 0 Å². The molecule has 0 atom stereocenters. The molecule has 0 N–H and O–H groups in total. The van der Waals surface area contributed by atoms with Crippen molar-refractivity contribution in [2.75, 3.05) is 13.3 Å². The minimum absolute atomic E-state index is 0.0222. The van der Waals surface area contributed by atoms with Gasteiger partial charge in [-0.3, -0.25) is 0 Å². The van der Waals surface area contributed by atoms with Crippen LogP contribution in [0.5, 0.6) is 5.75 Å². The van der Waals surface area contributed by atoms with E-state index in [9.17, 15) is 4.39 Å². The Morgan fingerprint density at radius 3 is 2.85 bits per heavy atom. The van der Waals surface area contributed by atoms with E-state index in [-0.39, 0.29) is 6.61 Å². The SMILES string of the molecule is N#Cc1ccc(OCCF)c(Cl)c1. The minimum atomic E-state index is -0.559. The summed E-state index contributed by atoms with van der Waals surface area (Å²) >= 11 is 5.75. The summed E-state index contributed by atoms with van der Waals surface area (Å²) in [4.78, 5) is 0. The lowest BCUT2D eigenvalue weighted by Gasteiger charge is -2.04. The Morgan fingerprint density at radius 1 is 1.54 bits per heavy atom. The van der Waals surface area contributed by atoms with Gasteiger partial charge in [-0.1, -0.05) is 11.6 Å². The van der Waals surface area contributed by atoms with Crippen molar-refractivity contribution >= 4 is 11.6 Å². The zero-order valence-corrected chi connectivity index (χ0v) is 7.51. The third-order valence-corrected chi connectivity index (χ3v) is 1.69. The van der Waals surface area contributed by atoms with Crippen LogP contribution in [0.3, 0.4) is 0 Å². The first-order valence-corrected chi connectivity index (χ1v) is 4.04. The van der Waals surface area contributed by atoms with E-state index in [0.29, 0.717) is 16.3 Å². The number of hydrogen-bond donors (Lipinski definition) is 0. The molecule has 1 aromatic rings. The number of halogens is 2. The smallest absolute Gasteiger partial charge is 0.138 e. The van der Waals surface area contributed by atoms with E-state index in [1.165, 1.54) is 6.07 Å². The second-order valence-electron chi connectivity index (χ2n) is 2.29. The summed E-state index contributed by atoms with van der Waals surface area (Å²) in [5.41, 5.74) is 0.456. The van der Waals surface area contributed by atoms with Crippen molar-refractivity contribution in [3.8, 4) is 11.8 Å². The summed E-state index contributed by atoms with van der Waals surface area (Å²) in [5.74, 6) is 0.401. The summed E-state index contributed by atoms with van der Waals surface area (Å²) in [6.45, 7) is -0.581. The van der Waals surface area contributed by atoms with Crippen LogP contribution < -0.4 is 4.74 Å². The Labute approximate surface area is 80.5 Å². The van der Waals surface area contributed by atoms with Crippen LogP contribution in [0.1, 0.15) is 5.56 Å². The average molecular weight is 200 g/mol. The highest BCUT2D eigenvalue weighted by Gasteiger charge is 2.01. The number of benzene rings is 1. The van der Waals surface area contributed by atoms with Crippen molar-refractivity contribution in [1.29, 1.82) is 5.26 Å². The van der Waals surface area contributed by atoms with Crippen LogP contribution in [0, 0.1) is 11.3 Å². The van der Waals surface area contributed by atoms with Crippen molar-refractivity contribution in [1.82, 2.24) is 0 Å². The van der Waals surface area contributed by atoms with E-state index in [4.69, 9.17) is 21.6 Å². The number of nitrogens with zero attached hydrogens (tertiary/aromatic N) is 1. The number of alkyl halides is 1. The molecule has 0 bridgehead atoms. The fourth-order valence-electron chi connectivity index (χ4n) is 0.836. The second kappa shape index (κ2) is 4.68. The summed E-state index contributed by atoms with van der Waals surface area (Å²) in [7, 11) is 0. The minimum Gasteiger partial charge on any atom is -0.489 e. The molecular weight excluding hydrogens is 193 g/mol. The highest BCUT2D eigenvalue weighted by Crippen LogP contribution is 2.24. The Hall–Kier alpha value is -1.27. The van der Waals surface area contributed by atoms with Gasteiger partial charge in [-0.25, -0.2) is 4.39 Å². The summed E-state index contributed by atoms with van der Waals surface area (Å²) in [5, 5.41) is 8.85. The molecule has 0 aliphatic carbocycles. The molecule has 1 rings (SSSR count). The number of ether oxygens (including phenoxy) is 1. The lowest BCUT2D eigenvalue weighted by molar-refractivity contribution is 0.273. The van der Waals surface area contributed by atoms with Gasteiger partial charge < -0.3 is 4.74 Å². The monoisotopic (exact) mass is 199 g/mol. The molecule has 13 heavy (non-hydrogen) atoms. The molecule has 0 spiro atoms. The van der Waals surface area contributed by atoms with Gasteiger partial charge in [0.2, 0.25) is 0 Å². The van der Waals surface area contributed by atoms with Gasteiger partial charge >= 0.3 is 0 Å². The third-order valence-electron chi connectivity index (χ3n) is 1.40. The predicted molar refractivity (Wildman–Crippen MR) is 47.6 cm³/mol. The molecule has 1 aromatic carbocycles. The number of hydrogen-bond acceptors (Lipinski definition) is 2. The Morgan fingerprint density at radius 2 is 2.31 bits per heavy atom. The number of rotatable bonds is 3. The molecule has 0 saturated heterocycles. The van der Waals surface area contributed by atoms with Crippen LogP contribution >= 0.6 is 11.6 Å². The van der Waals surface area contributed by atoms with E-state index >= 15 is 0 Å². The largest absolute Gasteiger partial charge is 0.489 e. The van der Waals surface area contributed by atoms with Gasteiger partial charge in [0.1, 0.15) is 19.0 Å². The van der Waals surface area contributed by atoms with Gasteiger partial charge in [-0.05, 0) is 18.2 Å². The first kappa shape index (κ1) is 9.82. The maximum Gasteiger partial charge on any atom is 0.138 e.